The molecule has 0 spiro atoms. The third-order valence-electron chi connectivity index (χ3n) is 4.31. The lowest BCUT2D eigenvalue weighted by Crippen LogP contribution is -2.53. The van der Waals surface area contributed by atoms with Crippen LogP contribution < -0.4 is 0 Å². The van der Waals surface area contributed by atoms with Gasteiger partial charge in [0, 0.05) is 6.04 Å². The van der Waals surface area contributed by atoms with Gasteiger partial charge in [0.1, 0.15) is 11.9 Å². The van der Waals surface area contributed by atoms with Crippen molar-refractivity contribution < 1.29 is 14.3 Å². The van der Waals surface area contributed by atoms with Crippen LogP contribution in [0.25, 0.3) is 0 Å². The number of carbonyl (C=O) groups excluding carboxylic acids is 1. The summed E-state index contributed by atoms with van der Waals surface area (Å²) in [6.45, 7) is 0. The van der Waals surface area contributed by atoms with Crippen molar-refractivity contribution >= 4 is 5.91 Å². The van der Waals surface area contributed by atoms with Gasteiger partial charge in [-0.25, -0.2) is 4.39 Å². The van der Waals surface area contributed by atoms with Gasteiger partial charge >= 0.3 is 0 Å². The van der Waals surface area contributed by atoms with Crippen LogP contribution in [0.1, 0.15) is 43.7 Å². The molecule has 2 aliphatic rings. The van der Waals surface area contributed by atoms with Crippen LogP contribution in [-0.4, -0.2) is 28.1 Å². The molecular formula is C15H18FNO2. The number of piperidine rings is 2. The lowest BCUT2D eigenvalue weighted by molar-refractivity contribution is -0.153. The monoisotopic (exact) mass is 263 g/mol. The van der Waals surface area contributed by atoms with Crippen LogP contribution in [0.4, 0.5) is 4.39 Å². The Morgan fingerprint density at radius 3 is 2.58 bits per heavy atom. The van der Waals surface area contributed by atoms with Crippen molar-refractivity contribution in [2.75, 3.05) is 0 Å². The molecule has 1 amide bonds. The van der Waals surface area contributed by atoms with E-state index in [1.54, 1.807) is 12.1 Å². The van der Waals surface area contributed by atoms with Crippen molar-refractivity contribution in [1.82, 2.24) is 4.90 Å². The van der Waals surface area contributed by atoms with Crippen molar-refractivity contribution in [3.8, 4) is 0 Å². The van der Waals surface area contributed by atoms with E-state index < -0.39 is 6.10 Å². The molecule has 19 heavy (non-hydrogen) atoms. The maximum absolute atomic E-state index is 13.0. The predicted octanol–water partition coefficient (Wildman–Crippen LogP) is 2.40. The molecule has 2 fully saturated rings. The minimum atomic E-state index is -0.864. The van der Waals surface area contributed by atoms with E-state index in [2.05, 4.69) is 0 Å². The third kappa shape index (κ3) is 2.25. The summed E-state index contributed by atoms with van der Waals surface area (Å²) in [6, 6.07) is 6.59. The van der Waals surface area contributed by atoms with Crippen molar-refractivity contribution in [1.29, 1.82) is 0 Å². The number of halogens is 1. The van der Waals surface area contributed by atoms with Crippen molar-refractivity contribution in [2.24, 2.45) is 0 Å². The van der Waals surface area contributed by atoms with E-state index in [-0.39, 0.29) is 23.8 Å². The standard InChI is InChI=1S/C15H18FNO2/c16-11-6-4-10(5-7-11)13-3-1-2-12-8-9-14(18)15(19)17(12)13/h4-7,12-14,18H,1-3,8-9H2. The lowest BCUT2D eigenvalue weighted by atomic mass is 9.85. The highest BCUT2D eigenvalue weighted by Crippen LogP contribution is 2.39. The molecule has 3 rings (SSSR count). The predicted molar refractivity (Wildman–Crippen MR) is 68.9 cm³/mol. The van der Waals surface area contributed by atoms with Crippen LogP contribution in [-0.2, 0) is 4.79 Å². The SMILES string of the molecule is O=C1C(O)CCC2CCCC(c3ccc(F)cc3)N12. The van der Waals surface area contributed by atoms with Gasteiger partial charge in [0.25, 0.3) is 5.91 Å². The molecule has 0 bridgehead atoms. The zero-order valence-corrected chi connectivity index (χ0v) is 10.8. The lowest BCUT2D eigenvalue weighted by Gasteiger charge is -2.46. The molecular weight excluding hydrogens is 245 g/mol. The van der Waals surface area contributed by atoms with E-state index in [4.69, 9.17) is 0 Å². The Kier molecular flexibility index (Phi) is 3.27. The average Bonchev–Trinajstić information content (AvgIpc) is 2.43. The zero-order chi connectivity index (χ0) is 13.4. The average molecular weight is 263 g/mol. The first-order valence-corrected chi connectivity index (χ1v) is 6.92. The normalized spacial score (nSPS) is 31.2. The summed E-state index contributed by atoms with van der Waals surface area (Å²) in [6.07, 6.45) is 3.54. The summed E-state index contributed by atoms with van der Waals surface area (Å²) < 4.78 is 13.0. The maximum Gasteiger partial charge on any atom is 0.252 e. The molecule has 0 aromatic heterocycles. The Morgan fingerprint density at radius 1 is 1.11 bits per heavy atom. The molecule has 102 valence electrons. The van der Waals surface area contributed by atoms with E-state index >= 15 is 0 Å². The third-order valence-corrected chi connectivity index (χ3v) is 4.31. The first-order chi connectivity index (χ1) is 9.16. The maximum atomic E-state index is 13.0. The number of amides is 1. The van der Waals surface area contributed by atoms with Crippen LogP contribution in [0.2, 0.25) is 0 Å². The number of aliphatic hydroxyl groups is 1. The van der Waals surface area contributed by atoms with Crippen LogP contribution in [0, 0.1) is 5.82 Å². The molecule has 4 heteroatoms. The summed E-state index contributed by atoms with van der Waals surface area (Å²) in [5.41, 5.74) is 0.966. The topological polar surface area (TPSA) is 40.5 Å². The van der Waals surface area contributed by atoms with E-state index in [0.717, 1.165) is 31.2 Å². The first kappa shape index (κ1) is 12.6. The summed E-state index contributed by atoms with van der Waals surface area (Å²) in [4.78, 5) is 14.1. The minimum absolute atomic E-state index is 0.0122. The largest absolute Gasteiger partial charge is 0.383 e. The fourth-order valence-corrected chi connectivity index (χ4v) is 3.35. The Balaban J connectivity index is 1.91. The van der Waals surface area contributed by atoms with Crippen LogP contribution in [0.3, 0.4) is 0 Å². The Labute approximate surface area is 112 Å². The van der Waals surface area contributed by atoms with Gasteiger partial charge in [0.05, 0.1) is 6.04 Å². The molecule has 0 saturated carbocycles. The number of rotatable bonds is 1. The highest BCUT2D eigenvalue weighted by molar-refractivity contribution is 5.82. The fraction of sp³-hybridized carbons (Fsp3) is 0.533. The van der Waals surface area contributed by atoms with Gasteiger partial charge in [-0.2, -0.15) is 0 Å². The molecule has 3 atom stereocenters. The molecule has 3 nitrogen and oxygen atoms in total. The molecule has 0 aliphatic carbocycles. The molecule has 1 aromatic carbocycles. The number of fused-ring (bicyclic) bond motifs is 1. The summed E-state index contributed by atoms with van der Waals surface area (Å²) >= 11 is 0. The second-order valence-corrected chi connectivity index (χ2v) is 5.49. The smallest absolute Gasteiger partial charge is 0.252 e. The minimum Gasteiger partial charge on any atom is -0.383 e. The van der Waals surface area contributed by atoms with Gasteiger partial charge in [-0.3, -0.25) is 4.79 Å². The number of nitrogens with zero attached hydrogens (tertiary/aromatic N) is 1. The Hall–Kier alpha value is -1.42. The summed E-state index contributed by atoms with van der Waals surface area (Å²) in [5, 5.41) is 9.77. The molecule has 2 aliphatic heterocycles. The molecule has 1 aromatic rings. The fourth-order valence-electron chi connectivity index (χ4n) is 3.35. The number of hydrogen-bond donors (Lipinski definition) is 1. The number of benzene rings is 1. The van der Waals surface area contributed by atoms with Gasteiger partial charge in [0.15, 0.2) is 0 Å². The highest BCUT2D eigenvalue weighted by atomic mass is 19.1. The van der Waals surface area contributed by atoms with Gasteiger partial charge in [-0.15, -0.1) is 0 Å². The zero-order valence-electron chi connectivity index (χ0n) is 10.8. The first-order valence-electron chi connectivity index (χ1n) is 6.92. The second kappa shape index (κ2) is 4.93. The van der Waals surface area contributed by atoms with Crippen molar-refractivity contribution in [3.05, 3.63) is 35.6 Å². The van der Waals surface area contributed by atoms with E-state index in [9.17, 15) is 14.3 Å². The van der Waals surface area contributed by atoms with Gasteiger partial charge in [0.2, 0.25) is 0 Å². The van der Waals surface area contributed by atoms with E-state index in [1.807, 2.05) is 4.90 Å². The van der Waals surface area contributed by atoms with Crippen LogP contribution in [0.5, 0.6) is 0 Å². The van der Waals surface area contributed by atoms with E-state index in [0.29, 0.717) is 6.42 Å². The number of hydrogen-bond acceptors (Lipinski definition) is 2. The van der Waals surface area contributed by atoms with E-state index in [1.165, 1.54) is 12.1 Å². The molecule has 3 unspecified atom stereocenters. The number of carbonyl (C=O) groups is 1. The van der Waals surface area contributed by atoms with Crippen molar-refractivity contribution in [3.63, 3.8) is 0 Å². The molecule has 0 radical (unpaired) electrons. The molecule has 2 heterocycles. The van der Waals surface area contributed by atoms with Gasteiger partial charge in [-0.1, -0.05) is 12.1 Å². The number of aliphatic hydroxyl groups excluding tert-OH is 1. The van der Waals surface area contributed by atoms with Crippen molar-refractivity contribution in [2.45, 2.75) is 50.3 Å². The quantitative estimate of drug-likeness (QED) is 0.845. The van der Waals surface area contributed by atoms with Crippen LogP contribution >= 0.6 is 0 Å². The second-order valence-electron chi connectivity index (χ2n) is 5.49. The highest BCUT2D eigenvalue weighted by Gasteiger charge is 2.40. The van der Waals surface area contributed by atoms with Crippen LogP contribution in [0.15, 0.2) is 24.3 Å². The Bertz CT molecular complexity index is 474. The van der Waals surface area contributed by atoms with Gasteiger partial charge < -0.3 is 10.0 Å². The van der Waals surface area contributed by atoms with Gasteiger partial charge in [-0.05, 0) is 49.8 Å². The summed E-state index contributed by atoms with van der Waals surface area (Å²) in [5.74, 6) is -0.425. The molecule has 1 N–H and O–H groups in total. The summed E-state index contributed by atoms with van der Waals surface area (Å²) in [7, 11) is 0. The molecule has 2 saturated heterocycles. The Morgan fingerprint density at radius 2 is 1.84 bits per heavy atom.